The minimum Gasteiger partial charge on any atom is -0.186 e. The van der Waals surface area contributed by atoms with Crippen molar-refractivity contribution in [2.24, 2.45) is 0 Å². The van der Waals surface area contributed by atoms with Crippen LogP contribution in [-0.2, 0) is 14.4 Å². The fourth-order valence-corrected chi connectivity index (χ4v) is 0. The molecule has 0 atom stereocenters. The van der Waals surface area contributed by atoms with Gasteiger partial charge in [-0.1, -0.05) is 22.3 Å². The molecule has 0 aromatic heterocycles. The first-order valence-corrected chi connectivity index (χ1v) is 9.83. The van der Waals surface area contributed by atoms with Crippen LogP contribution in [0, 0.1) is 9.93 Å². The standard InChI is InChI=1S/CH3I2.CO2.CH2O.3CH4.O2.2H2/c1-3-2;2-1-3;1-2;;;;1-2;;/h1H3;;1H2;3*1H4;;2*1H/q-1;;;;;;;;. The van der Waals surface area contributed by atoms with Gasteiger partial charge in [0.2, 0.25) is 0 Å². The van der Waals surface area contributed by atoms with Gasteiger partial charge in [-0.25, -0.2) is 0 Å². The van der Waals surface area contributed by atoms with Gasteiger partial charge >= 0.3 is 46.9 Å². The molecule has 0 rings (SSSR count). The first-order chi connectivity index (χ1) is 4.83. The number of rotatable bonds is 0. The average Bonchev–Trinajstić information content (AvgIpc) is 1.99. The minimum absolute atomic E-state index is 0. The second-order valence-electron chi connectivity index (χ2n) is 0.226. The van der Waals surface area contributed by atoms with Crippen molar-refractivity contribution in [3.05, 3.63) is 9.93 Å². The van der Waals surface area contributed by atoms with Gasteiger partial charge in [-0.2, -0.15) is 9.59 Å². The van der Waals surface area contributed by atoms with Gasteiger partial charge in [-0.05, 0) is 0 Å². The summed E-state index contributed by atoms with van der Waals surface area (Å²) in [6, 6.07) is 0. The molecular weight excluding hydrogens is 406 g/mol. The number of halogens is 2. The average molecular weight is 427 g/mol. The number of alkyl halides is 1. The molecule has 0 amide bonds. The van der Waals surface area contributed by atoms with E-state index < -0.39 is 0 Å². The van der Waals surface area contributed by atoms with E-state index in [0.29, 0.717) is 17.2 Å². The normalized spacial score (nSPS) is 2.92. The maximum atomic E-state index is 8.12. The predicted octanol–water partition coefficient (Wildman–Crippen LogP) is -0.246. The van der Waals surface area contributed by atoms with E-state index in [4.69, 9.17) is 24.3 Å². The van der Waals surface area contributed by atoms with Crippen LogP contribution in [0.15, 0.2) is 0 Å². The first-order valence-electron chi connectivity index (χ1n) is 1.38. The zero-order valence-electron chi connectivity index (χ0n) is 5.00. The van der Waals surface area contributed by atoms with Crippen molar-refractivity contribution in [1.82, 2.24) is 0 Å². The van der Waals surface area contributed by atoms with Crippen molar-refractivity contribution in [2.75, 3.05) is 4.93 Å². The quantitative estimate of drug-likeness (QED) is 0.394. The summed E-state index contributed by atoms with van der Waals surface area (Å²) in [6.07, 6.45) is 0.250. The summed E-state index contributed by atoms with van der Waals surface area (Å²) in [7, 11) is 0. The molecule has 0 N–H and O–H groups in total. The van der Waals surface area contributed by atoms with E-state index in [-0.39, 0.29) is 31.3 Å². The Labute approximate surface area is 103 Å². The van der Waals surface area contributed by atoms with Gasteiger partial charge in [0.15, 0.2) is 0 Å². The number of hydrogen-bond acceptors (Lipinski definition) is 5. The molecule has 13 heavy (non-hydrogen) atoms. The Kier molecular flexibility index (Phi) is 1330. The van der Waals surface area contributed by atoms with E-state index in [1.165, 1.54) is 0 Å². The molecule has 0 aliphatic heterocycles. The van der Waals surface area contributed by atoms with Gasteiger partial charge in [0.25, 0.3) is 0 Å². The van der Waals surface area contributed by atoms with Crippen molar-refractivity contribution >= 4 is 31.6 Å². The molecule has 0 heterocycles. The molecule has 0 fully saturated rings. The molecule has 0 aromatic carbocycles. The molecule has 0 aliphatic carbocycles. The Morgan fingerprint density at radius 3 is 1.15 bits per heavy atom. The van der Waals surface area contributed by atoms with Crippen molar-refractivity contribution in [2.45, 2.75) is 22.3 Å². The fourth-order valence-electron chi connectivity index (χ4n) is 0. The van der Waals surface area contributed by atoms with Gasteiger partial charge in [0.1, 0.15) is 6.79 Å². The smallest absolute Gasteiger partial charge is 0.186 e. The van der Waals surface area contributed by atoms with Crippen LogP contribution in [0.1, 0.15) is 25.1 Å². The molecule has 0 bridgehead atoms. The van der Waals surface area contributed by atoms with Crippen molar-refractivity contribution in [3.63, 3.8) is 0 Å². The van der Waals surface area contributed by atoms with E-state index in [2.05, 4.69) is 23.5 Å². The molecule has 0 aliphatic rings. The summed E-state index contributed by atoms with van der Waals surface area (Å²) >= 11 is 2.96. The third-order valence-corrected chi connectivity index (χ3v) is 0. The maximum absolute atomic E-state index is 8.12. The molecule has 0 saturated heterocycles. The minimum atomic E-state index is 0. The third-order valence-electron chi connectivity index (χ3n) is 0. The Morgan fingerprint density at radius 2 is 1.15 bits per heavy atom. The number of hydrogen-bond donors (Lipinski definition) is 0. The van der Waals surface area contributed by atoms with Crippen LogP contribution >= 0.6 is 18.6 Å². The van der Waals surface area contributed by atoms with Crippen LogP contribution in [0.4, 0.5) is 0 Å². The summed E-state index contributed by atoms with van der Waals surface area (Å²) in [6.45, 7) is 2.00. The molecule has 90 valence electrons. The third kappa shape index (κ3) is 102000. The molecule has 0 unspecified atom stereocenters. The van der Waals surface area contributed by atoms with Crippen LogP contribution in [0.5, 0.6) is 0 Å². The summed E-state index contributed by atoms with van der Waals surface area (Å²) in [5, 5.41) is 0. The summed E-state index contributed by atoms with van der Waals surface area (Å²) < 4.78 is 0. The van der Waals surface area contributed by atoms with Gasteiger partial charge in [0, 0.05) is 12.8 Å². The Bertz CT molecular complexity index is 72.5. The van der Waals surface area contributed by atoms with Crippen LogP contribution in [0.25, 0.3) is 0 Å². The van der Waals surface area contributed by atoms with Gasteiger partial charge in [0.05, 0.1) is 0 Å². The zero-order valence-corrected chi connectivity index (χ0v) is 9.32. The molecule has 5 nitrogen and oxygen atoms in total. The van der Waals surface area contributed by atoms with Crippen molar-refractivity contribution in [3.8, 4) is 0 Å². The van der Waals surface area contributed by atoms with Crippen LogP contribution in [-0.4, -0.2) is 17.9 Å². The molecule has 0 spiro atoms. The summed E-state index contributed by atoms with van der Waals surface area (Å²) in [4.78, 5) is 40.5. The largest absolute Gasteiger partial charge is 0.373 e. The maximum Gasteiger partial charge on any atom is 0.373 e. The molecule has 7 heteroatoms. The zero-order chi connectivity index (χ0) is 9.41. The van der Waals surface area contributed by atoms with E-state index in [0.717, 1.165) is 0 Å². The van der Waals surface area contributed by atoms with Crippen molar-refractivity contribution in [1.29, 1.82) is 0 Å². The van der Waals surface area contributed by atoms with Crippen LogP contribution in [0.3, 0.4) is 0 Å². The van der Waals surface area contributed by atoms with Crippen LogP contribution in [0.2, 0.25) is 0 Å². The monoisotopic (exact) mass is 427 g/mol. The van der Waals surface area contributed by atoms with E-state index in [1.807, 2.05) is 6.79 Å². The first kappa shape index (κ1) is 51.5. The predicted molar refractivity (Wildman–Crippen MR) is 63.2 cm³/mol. The topological polar surface area (TPSA) is 85.3 Å². The molecule has 0 saturated carbocycles. The Balaban J connectivity index is -0.00000000418. The number of carbonyl (C=O) groups excluding carboxylic acids is 3. The van der Waals surface area contributed by atoms with E-state index in [1.54, 1.807) is 0 Å². The molecule has 0 aromatic rings. The van der Waals surface area contributed by atoms with E-state index >= 15 is 0 Å². The van der Waals surface area contributed by atoms with Crippen LogP contribution < -0.4 is 17.2 Å². The van der Waals surface area contributed by atoms with E-state index in [9.17, 15) is 0 Å². The van der Waals surface area contributed by atoms with Gasteiger partial charge in [-0.3, -0.25) is 0 Å². The number of carbonyl (C=O) groups is 1. The Hall–Kier alpha value is 0.110. The summed E-state index contributed by atoms with van der Waals surface area (Å²) in [5.41, 5.74) is 0. The fraction of sp³-hybridized carbons (Fsp3) is 0.667. The molecular formula is C6H21I2O5-. The second-order valence-corrected chi connectivity index (χ2v) is 6.51. The summed E-state index contributed by atoms with van der Waals surface area (Å²) in [5.74, 6) is 0. The SMILES string of the molecule is C.C.C.C=O.C[I-]I.O=C=O.O=O.[HH].[HH]. The van der Waals surface area contributed by atoms with Crippen molar-refractivity contribution < 1.29 is 34.5 Å². The van der Waals surface area contributed by atoms with Gasteiger partial charge < -0.3 is 4.79 Å². The Morgan fingerprint density at radius 1 is 1.15 bits per heavy atom. The van der Waals surface area contributed by atoms with Gasteiger partial charge in [-0.15, -0.1) is 0 Å². The second kappa shape index (κ2) is 336. The molecule has 0 radical (unpaired) electrons.